The molecule has 1 aromatic carbocycles. The maximum atomic E-state index is 13.0. The van der Waals surface area contributed by atoms with Crippen LogP contribution in [-0.2, 0) is 13.0 Å². The van der Waals surface area contributed by atoms with E-state index in [-0.39, 0.29) is 11.7 Å². The summed E-state index contributed by atoms with van der Waals surface area (Å²) in [5.41, 5.74) is 1.97. The van der Waals surface area contributed by atoms with E-state index in [1.54, 1.807) is 13.1 Å². The molecule has 0 aliphatic carbocycles. The number of aliphatic hydroxyl groups is 1. The van der Waals surface area contributed by atoms with Crippen molar-refractivity contribution in [2.24, 2.45) is 5.92 Å². The Morgan fingerprint density at radius 1 is 1.28 bits per heavy atom. The van der Waals surface area contributed by atoms with Gasteiger partial charge in [-0.25, -0.2) is 4.39 Å². The molecule has 6 heteroatoms. The molecule has 25 heavy (non-hydrogen) atoms. The van der Waals surface area contributed by atoms with Crippen LogP contribution in [0.25, 0.3) is 0 Å². The van der Waals surface area contributed by atoms with E-state index < -0.39 is 12.1 Å². The summed E-state index contributed by atoms with van der Waals surface area (Å²) in [6, 6.07) is 5.09. The van der Waals surface area contributed by atoms with E-state index in [1.165, 1.54) is 24.3 Å². The second kappa shape index (κ2) is 8.25. The number of amides is 1. The molecule has 2 aromatic rings. The van der Waals surface area contributed by atoms with Crippen LogP contribution >= 0.6 is 0 Å². The van der Waals surface area contributed by atoms with E-state index >= 15 is 0 Å². The van der Waals surface area contributed by atoms with Gasteiger partial charge in [0.2, 0.25) is 0 Å². The molecular weight excluding hydrogens is 321 g/mol. The number of nitrogens with zero attached hydrogens (tertiary/aromatic N) is 2. The second-order valence-corrected chi connectivity index (χ2v) is 6.69. The van der Waals surface area contributed by atoms with Crippen molar-refractivity contribution in [3.63, 3.8) is 0 Å². The van der Waals surface area contributed by atoms with Gasteiger partial charge in [0.15, 0.2) is 0 Å². The molecule has 1 aromatic heterocycles. The third kappa shape index (κ3) is 4.66. The van der Waals surface area contributed by atoms with Gasteiger partial charge in [0.05, 0.1) is 29.6 Å². The van der Waals surface area contributed by atoms with Gasteiger partial charge in [-0.15, -0.1) is 0 Å². The molecule has 1 heterocycles. The Bertz CT molecular complexity index is 710. The molecule has 2 rings (SSSR count). The molecule has 2 atom stereocenters. The standard InChI is InChI=1S/C19H26FN3O2/c1-5-17-16(10-21-23(17)11-12(2)3)19(25)22-13(4)18(24)14-6-8-15(20)9-7-14/h6-10,12-13,18,24H,5,11H2,1-4H3,(H,22,25). The van der Waals surface area contributed by atoms with Crippen LogP contribution in [-0.4, -0.2) is 26.8 Å². The highest BCUT2D eigenvalue weighted by atomic mass is 19.1. The first-order valence-electron chi connectivity index (χ1n) is 8.62. The maximum Gasteiger partial charge on any atom is 0.255 e. The fourth-order valence-electron chi connectivity index (χ4n) is 2.79. The van der Waals surface area contributed by atoms with Gasteiger partial charge in [0.1, 0.15) is 5.82 Å². The van der Waals surface area contributed by atoms with Gasteiger partial charge in [-0.3, -0.25) is 9.48 Å². The predicted molar refractivity (Wildman–Crippen MR) is 94.7 cm³/mol. The quantitative estimate of drug-likeness (QED) is 0.809. The van der Waals surface area contributed by atoms with Gasteiger partial charge >= 0.3 is 0 Å². The number of halogens is 1. The number of aliphatic hydroxyl groups excluding tert-OH is 1. The van der Waals surface area contributed by atoms with Gasteiger partial charge in [-0.05, 0) is 37.0 Å². The molecule has 0 spiro atoms. The van der Waals surface area contributed by atoms with Crippen LogP contribution in [0.15, 0.2) is 30.5 Å². The lowest BCUT2D eigenvalue weighted by molar-refractivity contribution is 0.0851. The van der Waals surface area contributed by atoms with Crippen LogP contribution in [0, 0.1) is 11.7 Å². The molecule has 136 valence electrons. The van der Waals surface area contributed by atoms with E-state index in [9.17, 15) is 14.3 Å². The fourth-order valence-corrected chi connectivity index (χ4v) is 2.79. The van der Waals surface area contributed by atoms with Crippen molar-refractivity contribution in [2.45, 2.75) is 52.8 Å². The van der Waals surface area contributed by atoms with E-state index in [4.69, 9.17) is 0 Å². The van der Waals surface area contributed by atoms with E-state index in [0.717, 1.165) is 12.2 Å². The van der Waals surface area contributed by atoms with Crippen molar-refractivity contribution in [2.75, 3.05) is 0 Å². The van der Waals surface area contributed by atoms with Crippen molar-refractivity contribution in [3.8, 4) is 0 Å². The lowest BCUT2D eigenvalue weighted by atomic mass is 10.0. The van der Waals surface area contributed by atoms with E-state index in [0.29, 0.717) is 23.5 Å². The number of hydrogen-bond donors (Lipinski definition) is 2. The Balaban J connectivity index is 2.10. The number of benzene rings is 1. The molecule has 2 N–H and O–H groups in total. The molecule has 0 bridgehead atoms. The lowest BCUT2D eigenvalue weighted by Crippen LogP contribution is -2.37. The fraction of sp³-hybridized carbons (Fsp3) is 0.474. The van der Waals surface area contributed by atoms with Gasteiger partial charge in [-0.2, -0.15) is 5.10 Å². The van der Waals surface area contributed by atoms with Crippen molar-refractivity contribution in [1.29, 1.82) is 0 Å². The highest BCUT2D eigenvalue weighted by Gasteiger charge is 2.22. The van der Waals surface area contributed by atoms with Gasteiger partial charge in [-0.1, -0.05) is 32.9 Å². The molecule has 2 unspecified atom stereocenters. The van der Waals surface area contributed by atoms with Crippen LogP contribution in [0.5, 0.6) is 0 Å². The summed E-state index contributed by atoms with van der Waals surface area (Å²) in [6.07, 6.45) is 1.36. The van der Waals surface area contributed by atoms with E-state index in [2.05, 4.69) is 24.3 Å². The summed E-state index contributed by atoms with van der Waals surface area (Å²) in [5.74, 6) is -0.196. The summed E-state index contributed by atoms with van der Waals surface area (Å²) in [6.45, 7) is 8.66. The molecule has 5 nitrogen and oxygen atoms in total. The van der Waals surface area contributed by atoms with Crippen LogP contribution in [0.4, 0.5) is 4.39 Å². The van der Waals surface area contributed by atoms with Crippen molar-refractivity contribution in [3.05, 3.63) is 53.1 Å². The Hall–Kier alpha value is -2.21. The zero-order valence-electron chi connectivity index (χ0n) is 15.2. The second-order valence-electron chi connectivity index (χ2n) is 6.69. The molecule has 0 aliphatic rings. The first-order valence-corrected chi connectivity index (χ1v) is 8.62. The Kier molecular flexibility index (Phi) is 6.31. The number of nitrogens with one attached hydrogen (secondary N) is 1. The van der Waals surface area contributed by atoms with Gasteiger partial charge in [0, 0.05) is 6.54 Å². The van der Waals surface area contributed by atoms with Gasteiger partial charge in [0.25, 0.3) is 5.91 Å². The molecule has 0 saturated heterocycles. The summed E-state index contributed by atoms with van der Waals surface area (Å²) in [7, 11) is 0. The first-order chi connectivity index (χ1) is 11.8. The van der Waals surface area contributed by atoms with Crippen LogP contribution in [0.3, 0.4) is 0 Å². The minimum atomic E-state index is -0.916. The summed E-state index contributed by atoms with van der Waals surface area (Å²) in [5, 5.41) is 17.5. The van der Waals surface area contributed by atoms with Gasteiger partial charge < -0.3 is 10.4 Å². The Labute approximate surface area is 147 Å². The average Bonchev–Trinajstić information content (AvgIpc) is 2.96. The molecule has 1 amide bonds. The first kappa shape index (κ1) is 19.1. The third-order valence-corrected chi connectivity index (χ3v) is 4.11. The highest BCUT2D eigenvalue weighted by Crippen LogP contribution is 2.18. The predicted octanol–water partition coefficient (Wildman–Crippen LogP) is 3.09. The number of carbonyl (C=O) groups excluding carboxylic acids is 1. The molecular formula is C19H26FN3O2. The third-order valence-electron chi connectivity index (χ3n) is 4.11. The Morgan fingerprint density at radius 2 is 1.92 bits per heavy atom. The normalized spacial score (nSPS) is 13.7. The number of hydrogen-bond acceptors (Lipinski definition) is 3. The van der Waals surface area contributed by atoms with Crippen molar-refractivity contribution in [1.82, 2.24) is 15.1 Å². The zero-order valence-corrected chi connectivity index (χ0v) is 15.2. The number of rotatable bonds is 7. The van der Waals surface area contributed by atoms with Crippen LogP contribution in [0.1, 0.15) is 55.4 Å². The lowest BCUT2D eigenvalue weighted by Gasteiger charge is -2.21. The molecule has 0 saturated carbocycles. The van der Waals surface area contributed by atoms with Crippen LogP contribution in [0.2, 0.25) is 0 Å². The molecule has 0 fully saturated rings. The number of carbonyl (C=O) groups is 1. The summed E-state index contributed by atoms with van der Waals surface area (Å²) in [4.78, 5) is 12.6. The molecule has 0 radical (unpaired) electrons. The monoisotopic (exact) mass is 347 g/mol. The van der Waals surface area contributed by atoms with Crippen molar-refractivity contribution >= 4 is 5.91 Å². The van der Waals surface area contributed by atoms with E-state index in [1.807, 2.05) is 11.6 Å². The largest absolute Gasteiger partial charge is 0.386 e. The van der Waals surface area contributed by atoms with Crippen LogP contribution < -0.4 is 5.32 Å². The van der Waals surface area contributed by atoms with Crippen molar-refractivity contribution < 1.29 is 14.3 Å². The average molecular weight is 347 g/mol. The SMILES string of the molecule is CCc1c(C(=O)NC(C)C(O)c2ccc(F)cc2)cnn1CC(C)C. The molecule has 0 aliphatic heterocycles. The highest BCUT2D eigenvalue weighted by molar-refractivity contribution is 5.95. The summed E-state index contributed by atoms with van der Waals surface area (Å²) < 4.78 is 14.9. The smallest absolute Gasteiger partial charge is 0.255 e. The topological polar surface area (TPSA) is 67.2 Å². The maximum absolute atomic E-state index is 13.0. The minimum absolute atomic E-state index is 0.263. The number of aromatic nitrogens is 2. The minimum Gasteiger partial charge on any atom is -0.386 e. The zero-order chi connectivity index (χ0) is 18.6. The summed E-state index contributed by atoms with van der Waals surface area (Å²) >= 11 is 0. The Morgan fingerprint density at radius 3 is 2.48 bits per heavy atom.